The number of rotatable bonds is 2. The molecule has 0 saturated heterocycles. The highest BCUT2D eigenvalue weighted by atomic mass is 32.2. The van der Waals surface area contributed by atoms with Crippen LogP contribution in [0.25, 0.3) is 11.1 Å². The molecule has 2 aromatic rings. The first-order valence-electron chi connectivity index (χ1n) is 5.81. The van der Waals surface area contributed by atoms with Crippen LogP contribution in [-0.4, -0.2) is 8.42 Å². The molecule has 0 amide bonds. The second-order valence-electron chi connectivity index (χ2n) is 4.58. The molecule has 2 rings (SSSR count). The maximum absolute atomic E-state index is 10.9. The lowest BCUT2D eigenvalue weighted by atomic mass is 9.94. The van der Waals surface area contributed by atoms with Crippen LogP contribution in [0.3, 0.4) is 0 Å². The fourth-order valence-electron chi connectivity index (χ4n) is 2.39. The summed E-state index contributed by atoms with van der Waals surface area (Å²) in [6, 6.07) is 11.3. The minimum absolute atomic E-state index is 0.358. The first-order valence-corrected chi connectivity index (χ1v) is 6.99. The van der Waals surface area contributed by atoms with Crippen molar-refractivity contribution in [2.75, 3.05) is 0 Å². The first-order chi connectivity index (χ1) is 8.49. The van der Waals surface area contributed by atoms with Crippen LogP contribution < -0.4 is 0 Å². The first kappa shape index (κ1) is 12.8. The lowest BCUT2D eigenvalue weighted by Gasteiger charge is -2.11. The number of hydrogen-bond acceptors (Lipinski definition) is 2. The van der Waals surface area contributed by atoms with Crippen LogP contribution >= 0.6 is 0 Å². The largest absolute Gasteiger partial charge is 0.227 e. The van der Waals surface area contributed by atoms with Crippen molar-refractivity contribution in [1.29, 1.82) is 0 Å². The third kappa shape index (κ3) is 2.46. The fourth-order valence-corrected chi connectivity index (χ4v) is 2.78. The second-order valence-corrected chi connectivity index (χ2v) is 5.61. The molecule has 2 nitrogen and oxygen atoms in total. The SMILES string of the molecule is Cc1cc(C)c(-c2ccc([SH](=O)=O)cc2)c(C)c1. The Morgan fingerprint density at radius 1 is 0.833 bits per heavy atom. The summed E-state index contributed by atoms with van der Waals surface area (Å²) in [6.07, 6.45) is 0. The zero-order valence-electron chi connectivity index (χ0n) is 10.7. The third-order valence-corrected chi connectivity index (χ3v) is 3.76. The van der Waals surface area contributed by atoms with E-state index < -0.39 is 10.7 Å². The maximum Gasteiger partial charge on any atom is 0.168 e. The molecule has 0 saturated carbocycles. The lowest BCUT2D eigenvalue weighted by Crippen LogP contribution is -1.90. The van der Waals surface area contributed by atoms with Gasteiger partial charge < -0.3 is 0 Å². The summed E-state index contributed by atoms with van der Waals surface area (Å²) in [6.45, 7) is 6.24. The molecule has 0 N–H and O–H groups in total. The Bertz CT molecular complexity index is 622. The summed E-state index contributed by atoms with van der Waals surface area (Å²) in [4.78, 5) is 0.358. The third-order valence-electron chi connectivity index (χ3n) is 3.04. The van der Waals surface area contributed by atoms with Gasteiger partial charge in [0, 0.05) is 0 Å². The molecular formula is C15H16O2S. The molecule has 0 bridgehead atoms. The van der Waals surface area contributed by atoms with Crippen molar-refractivity contribution in [1.82, 2.24) is 0 Å². The fraction of sp³-hybridized carbons (Fsp3) is 0.200. The van der Waals surface area contributed by atoms with Crippen LogP contribution in [0.4, 0.5) is 0 Å². The van der Waals surface area contributed by atoms with Gasteiger partial charge in [-0.15, -0.1) is 0 Å². The lowest BCUT2D eigenvalue weighted by molar-refractivity contribution is 0.614. The monoisotopic (exact) mass is 260 g/mol. The average molecular weight is 260 g/mol. The van der Waals surface area contributed by atoms with E-state index in [-0.39, 0.29) is 0 Å². The zero-order valence-corrected chi connectivity index (χ0v) is 11.6. The molecule has 0 atom stereocenters. The highest BCUT2D eigenvalue weighted by Crippen LogP contribution is 2.28. The molecule has 0 aliphatic rings. The van der Waals surface area contributed by atoms with Crippen molar-refractivity contribution < 1.29 is 8.42 Å². The quantitative estimate of drug-likeness (QED) is 0.841. The van der Waals surface area contributed by atoms with Gasteiger partial charge in [-0.25, -0.2) is 8.42 Å². The molecule has 0 fully saturated rings. The zero-order chi connectivity index (χ0) is 13.3. The minimum atomic E-state index is -2.50. The molecule has 94 valence electrons. The van der Waals surface area contributed by atoms with Crippen molar-refractivity contribution >= 4 is 10.7 Å². The Morgan fingerprint density at radius 2 is 1.33 bits per heavy atom. The van der Waals surface area contributed by atoms with E-state index in [9.17, 15) is 8.42 Å². The van der Waals surface area contributed by atoms with E-state index in [1.807, 2.05) is 12.1 Å². The summed E-state index contributed by atoms with van der Waals surface area (Å²) in [5.41, 5.74) is 5.92. The second kappa shape index (κ2) is 4.94. The normalized spacial score (nSPS) is 10.9. The van der Waals surface area contributed by atoms with Gasteiger partial charge in [0.15, 0.2) is 10.7 Å². The van der Waals surface area contributed by atoms with E-state index in [2.05, 4.69) is 32.9 Å². The Labute approximate surface area is 109 Å². The number of thiol groups is 1. The number of benzene rings is 2. The molecule has 2 aromatic carbocycles. The predicted octanol–water partition coefficient (Wildman–Crippen LogP) is 3.25. The molecule has 0 aliphatic heterocycles. The van der Waals surface area contributed by atoms with E-state index in [4.69, 9.17) is 0 Å². The average Bonchev–Trinajstić information content (AvgIpc) is 2.28. The predicted molar refractivity (Wildman–Crippen MR) is 74.7 cm³/mol. The van der Waals surface area contributed by atoms with Crippen LogP contribution in [0.5, 0.6) is 0 Å². The summed E-state index contributed by atoms with van der Waals surface area (Å²) < 4.78 is 21.7. The van der Waals surface area contributed by atoms with E-state index in [1.165, 1.54) is 22.3 Å². The Hall–Kier alpha value is -1.61. The van der Waals surface area contributed by atoms with Gasteiger partial charge in [0.25, 0.3) is 0 Å². The van der Waals surface area contributed by atoms with Gasteiger partial charge in [0.1, 0.15) is 0 Å². The van der Waals surface area contributed by atoms with Crippen LogP contribution in [0.1, 0.15) is 16.7 Å². The summed E-state index contributed by atoms with van der Waals surface area (Å²) in [7, 11) is -2.50. The van der Waals surface area contributed by atoms with Gasteiger partial charge in [0.05, 0.1) is 4.90 Å². The van der Waals surface area contributed by atoms with E-state index in [1.54, 1.807) is 12.1 Å². The molecule has 0 unspecified atom stereocenters. The standard InChI is InChI=1S/C15H16O2S/c1-10-8-11(2)15(12(3)9-10)13-4-6-14(7-5-13)18(16)17/h4-9,18H,1-3H3. The van der Waals surface area contributed by atoms with Gasteiger partial charge in [-0.1, -0.05) is 29.8 Å². The van der Waals surface area contributed by atoms with Crippen LogP contribution in [-0.2, 0) is 10.7 Å². The molecular weight excluding hydrogens is 244 g/mol. The van der Waals surface area contributed by atoms with E-state index in [0.717, 1.165) is 5.56 Å². The van der Waals surface area contributed by atoms with Gasteiger partial charge in [-0.2, -0.15) is 0 Å². The molecule has 0 radical (unpaired) electrons. The minimum Gasteiger partial charge on any atom is -0.227 e. The molecule has 18 heavy (non-hydrogen) atoms. The Balaban J connectivity index is 2.55. The molecule has 0 aliphatic carbocycles. The molecule has 0 aromatic heterocycles. The molecule has 3 heteroatoms. The van der Waals surface area contributed by atoms with Crippen molar-refractivity contribution in [2.45, 2.75) is 25.7 Å². The van der Waals surface area contributed by atoms with Crippen molar-refractivity contribution in [3.63, 3.8) is 0 Å². The van der Waals surface area contributed by atoms with Gasteiger partial charge in [-0.05, 0) is 55.2 Å². The highest BCUT2D eigenvalue weighted by Gasteiger charge is 2.06. The Morgan fingerprint density at radius 3 is 1.78 bits per heavy atom. The van der Waals surface area contributed by atoms with Gasteiger partial charge in [0.2, 0.25) is 0 Å². The van der Waals surface area contributed by atoms with Gasteiger partial charge in [-0.3, -0.25) is 0 Å². The van der Waals surface area contributed by atoms with Crippen LogP contribution in [0.15, 0.2) is 41.3 Å². The summed E-state index contributed by atoms with van der Waals surface area (Å²) in [5.74, 6) is 0. The topological polar surface area (TPSA) is 34.1 Å². The summed E-state index contributed by atoms with van der Waals surface area (Å²) >= 11 is 0. The smallest absolute Gasteiger partial charge is 0.168 e. The summed E-state index contributed by atoms with van der Waals surface area (Å²) in [5, 5.41) is 0. The molecule has 0 heterocycles. The Kier molecular flexibility index (Phi) is 3.53. The van der Waals surface area contributed by atoms with Crippen molar-refractivity contribution in [3.8, 4) is 11.1 Å². The maximum atomic E-state index is 10.9. The molecule has 0 spiro atoms. The van der Waals surface area contributed by atoms with Crippen molar-refractivity contribution in [2.24, 2.45) is 0 Å². The number of aryl methyl sites for hydroxylation is 3. The van der Waals surface area contributed by atoms with Crippen molar-refractivity contribution in [3.05, 3.63) is 53.1 Å². The van der Waals surface area contributed by atoms with Crippen LogP contribution in [0, 0.1) is 20.8 Å². The van der Waals surface area contributed by atoms with Crippen LogP contribution in [0.2, 0.25) is 0 Å². The highest BCUT2D eigenvalue weighted by molar-refractivity contribution is 7.72. The van der Waals surface area contributed by atoms with E-state index in [0.29, 0.717) is 4.90 Å². The number of hydrogen-bond donors (Lipinski definition) is 1. The van der Waals surface area contributed by atoms with Gasteiger partial charge >= 0.3 is 0 Å². The van der Waals surface area contributed by atoms with E-state index >= 15 is 0 Å².